The van der Waals surface area contributed by atoms with Gasteiger partial charge in [-0.2, -0.15) is 0 Å². The van der Waals surface area contributed by atoms with Crippen LogP contribution in [0.4, 0.5) is 0 Å². The Morgan fingerprint density at radius 2 is 2.27 bits per heavy atom. The van der Waals surface area contributed by atoms with Crippen LogP contribution >= 0.6 is 0 Å². The fourth-order valence-electron chi connectivity index (χ4n) is 2.71. The molecule has 3 nitrogen and oxygen atoms in total. The van der Waals surface area contributed by atoms with Crippen LogP contribution in [-0.4, -0.2) is 16.1 Å². The summed E-state index contributed by atoms with van der Waals surface area (Å²) in [4.78, 5) is 4.77. The van der Waals surface area contributed by atoms with Crippen molar-refractivity contribution in [3.63, 3.8) is 0 Å². The minimum absolute atomic E-state index is 0.525. The lowest BCUT2D eigenvalue weighted by Crippen LogP contribution is -2.27. The predicted octanol–water partition coefficient (Wildman–Crippen LogP) is 2.03. The van der Waals surface area contributed by atoms with Crippen molar-refractivity contribution >= 4 is 0 Å². The molecule has 1 aromatic rings. The zero-order valence-electron chi connectivity index (χ0n) is 9.21. The molecule has 3 heterocycles. The highest BCUT2D eigenvalue weighted by Crippen LogP contribution is 2.24. The standard InChI is InChI=1S/C12H19N3/c1-3-7-13-10(5-1)11-9-15-8-4-2-6-12(15)14-11/h9-10,13H,1-8H2. The number of imidazole rings is 1. The number of piperidine rings is 1. The highest BCUT2D eigenvalue weighted by atomic mass is 15.1. The van der Waals surface area contributed by atoms with Gasteiger partial charge in [-0.15, -0.1) is 0 Å². The quantitative estimate of drug-likeness (QED) is 0.760. The van der Waals surface area contributed by atoms with Crippen molar-refractivity contribution in [2.45, 2.75) is 51.1 Å². The third-order valence-electron chi connectivity index (χ3n) is 3.59. The molecular formula is C12H19N3. The van der Waals surface area contributed by atoms with Crippen molar-refractivity contribution in [2.75, 3.05) is 6.54 Å². The summed E-state index contributed by atoms with van der Waals surface area (Å²) >= 11 is 0. The van der Waals surface area contributed by atoms with Gasteiger partial charge in [0.1, 0.15) is 5.82 Å². The van der Waals surface area contributed by atoms with Crippen LogP contribution in [0.3, 0.4) is 0 Å². The zero-order chi connectivity index (χ0) is 10.1. The average molecular weight is 205 g/mol. The van der Waals surface area contributed by atoms with Crippen molar-refractivity contribution in [3.8, 4) is 0 Å². The normalized spacial score (nSPS) is 26.3. The van der Waals surface area contributed by atoms with E-state index in [4.69, 9.17) is 4.98 Å². The average Bonchev–Trinajstić information content (AvgIpc) is 2.74. The number of aryl methyl sites for hydroxylation is 2. The molecule has 1 unspecified atom stereocenters. The fourth-order valence-corrected chi connectivity index (χ4v) is 2.71. The van der Waals surface area contributed by atoms with Gasteiger partial charge in [0, 0.05) is 19.2 Å². The van der Waals surface area contributed by atoms with E-state index in [1.807, 2.05) is 0 Å². The lowest BCUT2D eigenvalue weighted by atomic mass is 10.0. The summed E-state index contributed by atoms with van der Waals surface area (Å²) < 4.78 is 2.36. The molecule has 82 valence electrons. The van der Waals surface area contributed by atoms with Crippen molar-refractivity contribution in [1.29, 1.82) is 0 Å². The minimum atomic E-state index is 0.525. The minimum Gasteiger partial charge on any atom is -0.335 e. The topological polar surface area (TPSA) is 29.9 Å². The number of nitrogens with zero attached hydrogens (tertiary/aromatic N) is 2. The molecule has 0 amide bonds. The smallest absolute Gasteiger partial charge is 0.109 e. The maximum atomic E-state index is 4.77. The van der Waals surface area contributed by atoms with E-state index in [0.29, 0.717) is 6.04 Å². The van der Waals surface area contributed by atoms with Gasteiger partial charge >= 0.3 is 0 Å². The molecule has 1 saturated heterocycles. The number of aromatic nitrogens is 2. The molecule has 0 bridgehead atoms. The second-order valence-electron chi connectivity index (χ2n) is 4.73. The molecule has 1 fully saturated rings. The molecule has 2 aliphatic heterocycles. The Kier molecular flexibility index (Phi) is 2.49. The number of hydrogen-bond acceptors (Lipinski definition) is 2. The summed E-state index contributed by atoms with van der Waals surface area (Å²) in [6.07, 6.45) is 10.0. The first kappa shape index (κ1) is 9.40. The van der Waals surface area contributed by atoms with Gasteiger partial charge in [-0.1, -0.05) is 6.42 Å². The Hall–Kier alpha value is -0.830. The zero-order valence-corrected chi connectivity index (χ0v) is 9.21. The van der Waals surface area contributed by atoms with Gasteiger partial charge in [-0.25, -0.2) is 4.98 Å². The Balaban J connectivity index is 1.82. The highest BCUT2D eigenvalue weighted by molar-refractivity contribution is 5.11. The number of hydrogen-bond donors (Lipinski definition) is 1. The van der Waals surface area contributed by atoms with Gasteiger partial charge in [-0.3, -0.25) is 0 Å². The molecule has 0 saturated carbocycles. The molecule has 0 radical (unpaired) electrons. The molecule has 1 aromatic heterocycles. The van der Waals surface area contributed by atoms with E-state index in [2.05, 4.69) is 16.1 Å². The summed E-state index contributed by atoms with van der Waals surface area (Å²) in [7, 11) is 0. The van der Waals surface area contributed by atoms with Gasteiger partial charge in [-0.05, 0) is 32.2 Å². The summed E-state index contributed by atoms with van der Waals surface area (Å²) in [5.41, 5.74) is 1.28. The summed E-state index contributed by atoms with van der Waals surface area (Å²) in [6, 6.07) is 0.525. The maximum Gasteiger partial charge on any atom is 0.109 e. The van der Waals surface area contributed by atoms with E-state index < -0.39 is 0 Å². The SMILES string of the molecule is c1c(C2CCCCN2)nc2n1CCCC2. The van der Waals surface area contributed by atoms with Crippen LogP contribution in [0.2, 0.25) is 0 Å². The number of nitrogens with one attached hydrogen (secondary N) is 1. The van der Waals surface area contributed by atoms with E-state index in [9.17, 15) is 0 Å². The van der Waals surface area contributed by atoms with Crippen molar-refractivity contribution in [2.24, 2.45) is 0 Å². The molecule has 0 spiro atoms. The van der Waals surface area contributed by atoms with Gasteiger partial charge in [0.05, 0.1) is 11.7 Å². The van der Waals surface area contributed by atoms with Crippen LogP contribution in [0.15, 0.2) is 6.20 Å². The molecule has 15 heavy (non-hydrogen) atoms. The monoisotopic (exact) mass is 205 g/mol. The molecule has 3 rings (SSSR count). The summed E-state index contributed by atoms with van der Waals surface area (Å²) in [6.45, 7) is 2.34. The lowest BCUT2D eigenvalue weighted by Gasteiger charge is -2.21. The molecule has 1 N–H and O–H groups in total. The van der Waals surface area contributed by atoms with E-state index in [0.717, 1.165) is 6.54 Å². The third-order valence-corrected chi connectivity index (χ3v) is 3.59. The van der Waals surface area contributed by atoms with Crippen LogP contribution < -0.4 is 5.32 Å². The van der Waals surface area contributed by atoms with Gasteiger partial charge in [0.25, 0.3) is 0 Å². The molecule has 3 heteroatoms. The van der Waals surface area contributed by atoms with E-state index >= 15 is 0 Å². The van der Waals surface area contributed by atoms with Crippen LogP contribution in [0.1, 0.15) is 49.7 Å². The summed E-state index contributed by atoms with van der Waals surface area (Å²) in [5, 5.41) is 3.57. The second kappa shape index (κ2) is 3.97. The second-order valence-corrected chi connectivity index (χ2v) is 4.73. The third kappa shape index (κ3) is 1.81. The Labute approximate surface area is 90.9 Å². The maximum absolute atomic E-state index is 4.77. The van der Waals surface area contributed by atoms with Crippen LogP contribution in [0.25, 0.3) is 0 Å². The summed E-state index contributed by atoms with van der Waals surface area (Å²) in [5.74, 6) is 1.31. The molecular weight excluding hydrogens is 186 g/mol. The predicted molar refractivity (Wildman–Crippen MR) is 59.8 cm³/mol. The first-order valence-corrected chi connectivity index (χ1v) is 6.23. The lowest BCUT2D eigenvalue weighted by molar-refractivity contribution is 0.406. The molecule has 2 aliphatic rings. The molecule has 1 atom stereocenters. The van der Waals surface area contributed by atoms with Crippen LogP contribution in [0.5, 0.6) is 0 Å². The molecule has 0 aromatic carbocycles. The first-order chi connectivity index (χ1) is 7.43. The van der Waals surface area contributed by atoms with Gasteiger partial charge < -0.3 is 9.88 Å². The highest BCUT2D eigenvalue weighted by Gasteiger charge is 2.20. The van der Waals surface area contributed by atoms with Crippen molar-refractivity contribution in [3.05, 3.63) is 17.7 Å². The van der Waals surface area contributed by atoms with E-state index in [1.54, 1.807) is 0 Å². The van der Waals surface area contributed by atoms with Crippen molar-refractivity contribution < 1.29 is 0 Å². The fraction of sp³-hybridized carbons (Fsp3) is 0.750. The van der Waals surface area contributed by atoms with E-state index in [-0.39, 0.29) is 0 Å². The first-order valence-electron chi connectivity index (χ1n) is 6.23. The van der Waals surface area contributed by atoms with Crippen LogP contribution in [-0.2, 0) is 13.0 Å². The number of fused-ring (bicyclic) bond motifs is 1. The Morgan fingerprint density at radius 1 is 1.27 bits per heavy atom. The van der Waals surface area contributed by atoms with Gasteiger partial charge in [0.2, 0.25) is 0 Å². The van der Waals surface area contributed by atoms with E-state index in [1.165, 1.54) is 56.6 Å². The molecule has 0 aliphatic carbocycles. The Morgan fingerprint density at radius 3 is 3.07 bits per heavy atom. The largest absolute Gasteiger partial charge is 0.335 e. The van der Waals surface area contributed by atoms with Crippen molar-refractivity contribution in [1.82, 2.24) is 14.9 Å². The Bertz CT molecular complexity index is 313. The number of rotatable bonds is 1. The van der Waals surface area contributed by atoms with Gasteiger partial charge in [0.15, 0.2) is 0 Å². The van der Waals surface area contributed by atoms with Crippen LogP contribution in [0, 0.1) is 0 Å².